The van der Waals surface area contributed by atoms with Gasteiger partial charge in [-0.3, -0.25) is 9.10 Å². The zero-order valence-electron chi connectivity index (χ0n) is 14.3. The van der Waals surface area contributed by atoms with Crippen LogP contribution in [-0.2, 0) is 14.8 Å². The summed E-state index contributed by atoms with van der Waals surface area (Å²) in [6.45, 7) is 5.12. The molecule has 1 aromatic rings. The lowest BCUT2D eigenvalue weighted by molar-refractivity contribution is -0.121. The van der Waals surface area contributed by atoms with Gasteiger partial charge in [-0.2, -0.15) is 0 Å². The number of sulfonamides is 1. The SMILES string of the molecule is COc1ccc(OC)c(N(CC(=O)NC(C)(C)C)S(C)(=O)=O)c1. The van der Waals surface area contributed by atoms with Crippen molar-refractivity contribution in [3.63, 3.8) is 0 Å². The quantitative estimate of drug-likeness (QED) is 0.843. The molecular weight excluding hydrogens is 320 g/mol. The number of hydrogen-bond acceptors (Lipinski definition) is 5. The Morgan fingerprint density at radius 1 is 1.22 bits per heavy atom. The minimum absolute atomic E-state index is 0.249. The maximum atomic E-state index is 12.2. The largest absolute Gasteiger partial charge is 0.497 e. The van der Waals surface area contributed by atoms with Crippen LogP contribution in [0, 0.1) is 0 Å². The number of amides is 1. The van der Waals surface area contributed by atoms with Gasteiger partial charge in [0.15, 0.2) is 0 Å². The van der Waals surface area contributed by atoms with Crippen molar-refractivity contribution in [2.75, 3.05) is 31.3 Å². The van der Waals surface area contributed by atoms with Gasteiger partial charge in [-0.05, 0) is 32.9 Å². The zero-order chi connectivity index (χ0) is 17.8. The number of methoxy groups -OCH3 is 2. The van der Waals surface area contributed by atoms with E-state index in [0.29, 0.717) is 11.5 Å². The Morgan fingerprint density at radius 2 is 1.83 bits per heavy atom. The molecule has 0 saturated heterocycles. The van der Waals surface area contributed by atoms with Crippen LogP contribution in [0.15, 0.2) is 18.2 Å². The molecule has 1 N–H and O–H groups in total. The molecule has 0 spiro atoms. The molecule has 0 saturated carbocycles. The fourth-order valence-electron chi connectivity index (χ4n) is 1.96. The summed E-state index contributed by atoms with van der Waals surface area (Å²) >= 11 is 0. The van der Waals surface area contributed by atoms with Gasteiger partial charge in [0.25, 0.3) is 0 Å². The molecule has 0 aliphatic rings. The first-order valence-corrected chi connectivity index (χ1v) is 8.83. The number of anilines is 1. The number of ether oxygens (including phenoxy) is 2. The van der Waals surface area contributed by atoms with E-state index in [9.17, 15) is 13.2 Å². The first-order valence-electron chi connectivity index (χ1n) is 6.98. The van der Waals surface area contributed by atoms with E-state index in [1.54, 1.807) is 12.1 Å². The number of hydrogen-bond donors (Lipinski definition) is 1. The highest BCUT2D eigenvalue weighted by Crippen LogP contribution is 2.33. The predicted octanol–water partition coefficient (Wildman–Crippen LogP) is 1.38. The summed E-state index contributed by atoms with van der Waals surface area (Å²) in [6.07, 6.45) is 1.04. The molecule has 0 bridgehead atoms. The molecule has 0 heterocycles. The molecule has 0 fully saturated rings. The highest BCUT2D eigenvalue weighted by molar-refractivity contribution is 7.92. The summed E-state index contributed by atoms with van der Waals surface area (Å²) in [4.78, 5) is 12.2. The van der Waals surface area contributed by atoms with E-state index in [1.165, 1.54) is 20.3 Å². The third-order valence-corrected chi connectivity index (χ3v) is 3.98. The second-order valence-electron chi connectivity index (χ2n) is 6.11. The van der Waals surface area contributed by atoms with Crippen molar-refractivity contribution < 1.29 is 22.7 Å². The van der Waals surface area contributed by atoms with E-state index in [-0.39, 0.29) is 12.2 Å². The van der Waals surface area contributed by atoms with Crippen molar-refractivity contribution in [3.05, 3.63) is 18.2 Å². The molecule has 1 amide bonds. The molecule has 8 heteroatoms. The summed E-state index contributed by atoms with van der Waals surface area (Å²) in [5.74, 6) is 0.387. The van der Waals surface area contributed by atoms with Gasteiger partial charge in [-0.1, -0.05) is 0 Å². The van der Waals surface area contributed by atoms with Crippen LogP contribution in [0.4, 0.5) is 5.69 Å². The highest BCUT2D eigenvalue weighted by Gasteiger charge is 2.26. The molecule has 0 aliphatic heterocycles. The summed E-state index contributed by atoms with van der Waals surface area (Å²) in [5, 5.41) is 2.74. The van der Waals surface area contributed by atoms with E-state index in [1.807, 2.05) is 20.8 Å². The second-order valence-corrected chi connectivity index (χ2v) is 8.01. The van der Waals surface area contributed by atoms with Gasteiger partial charge < -0.3 is 14.8 Å². The standard InChI is InChI=1S/C15H24N2O5S/c1-15(2,3)16-14(18)10-17(23(6,19)20)12-9-11(21-4)7-8-13(12)22-5/h7-9H,10H2,1-6H3,(H,16,18). The van der Waals surface area contributed by atoms with E-state index >= 15 is 0 Å². The minimum Gasteiger partial charge on any atom is -0.497 e. The molecule has 1 rings (SSSR count). The van der Waals surface area contributed by atoms with Crippen molar-refractivity contribution in [2.24, 2.45) is 0 Å². The van der Waals surface area contributed by atoms with Gasteiger partial charge in [0.05, 0.1) is 26.2 Å². The van der Waals surface area contributed by atoms with Crippen molar-refractivity contribution >= 4 is 21.6 Å². The Hall–Kier alpha value is -1.96. The molecular formula is C15H24N2O5S. The van der Waals surface area contributed by atoms with Gasteiger partial charge in [-0.15, -0.1) is 0 Å². The predicted molar refractivity (Wildman–Crippen MR) is 89.6 cm³/mol. The smallest absolute Gasteiger partial charge is 0.241 e. The summed E-state index contributed by atoms with van der Waals surface area (Å²) in [5.41, 5.74) is -0.211. The Kier molecular flexibility index (Phi) is 5.87. The Labute approximate surface area is 137 Å². The number of carbonyl (C=O) groups excluding carboxylic acids is 1. The van der Waals surface area contributed by atoms with Gasteiger partial charge in [0.2, 0.25) is 15.9 Å². The van der Waals surface area contributed by atoms with Crippen LogP contribution in [0.3, 0.4) is 0 Å². The molecule has 0 aliphatic carbocycles. The first-order chi connectivity index (χ1) is 10.5. The lowest BCUT2D eigenvalue weighted by Crippen LogP contribution is -2.47. The van der Waals surface area contributed by atoms with E-state index in [4.69, 9.17) is 9.47 Å². The summed E-state index contributed by atoms with van der Waals surface area (Å²) < 4.78 is 35.6. The lowest BCUT2D eigenvalue weighted by atomic mass is 10.1. The fraction of sp³-hybridized carbons (Fsp3) is 0.533. The topological polar surface area (TPSA) is 84.9 Å². The number of rotatable bonds is 6. The Morgan fingerprint density at radius 3 is 2.26 bits per heavy atom. The average Bonchev–Trinajstić information content (AvgIpc) is 2.41. The van der Waals surface area contributed by atoms with Crippen LogP contribution in [0.5, 0.6) is 11.5 Å². The van der Waals surface area contributed by atoms with Crippen LogP contribution in [-0.4, -0.2) is 46.9 Å². The fourth-order valence-corrected chi connectivity index (χ4v) is 2.81. The van der Waals surface area contributed by atoms with Crippen molar-refractivity contribution in [1.82, 2.24) is 5.32 Å². The zero-order valence-corrected chi connectivity index (χ0v) is 15.2. The van der Waals surface area contributed by atoms with Crippen molar-refractivity contribution in [1.29, 1.82) is 0 Å². The summed E-state index contributed by atoms with van der Waals surface area (Å²) in [7, 11) is -0.783. The third-order valence-electron chi connectivity index (χ3n) is 2.86. The molecule has 23 heavy (non-hydrogen) atoms. The number of nitrogens with one attached hydrogen (secondary N) is 1. The molecule has 0 unspecified atom stereocenters. The van der Waals surface area contributed by atoms with Gasteiger partial charge in [0.1, 0.15) is 18.0 Å². The molecule has 130 valence electrons. The van der Waals surface area contributed by atoms with Crippen LogP contribution in [0.2, 0.25) is 0 Å². The summed E-state index contributed by atoms with van der Waals surface area (Å²) in [6, 6.07) is 4.76. The second kappa shape index (κ2) is 7.08. The molecule has 0 atom stereocenters. The van der Waals surface area contributed by atoms with Crippen LogP contribution in [0.25, 0.3) is 0 Å². The maximum absolute atomic E-state index is 12.2. The number of nitrogens with zero attached hydrogens (tertiary/aromatic N) is 1. The number of carbonyl (C=O) groups is 1. The van der Waals surface area contributed by atoms with Crippen molar-refractivity contribution in [2.45, 2.75) is 26.3 Å². The number of benzene rings is 1. The molecule has 0 aromatic heterocycles. The molecule has 0 radical (unpaired) electrons. The Bertz CT molecular complexity index is 665. The van der Waals surface area contributed by atoms with Gasteiger partial charge >= 0.3 is 0 Å². The van der Waals surface area contributed by atoms with E-state index in [0.717, 1.165) is 10.6 Å². The van der Waals surface area contributed by atoms with Crippen LogP contribution < -0.4 is 19.1 Å². The van der Waals surface area contributed by atoms with Crippen molar-refractivity contribution in [3.8, 4) is 11.5 Å². The first kappa shape index (κ1) is 19.1. The van der Waals surface area contributed by atoms with Crippen LogP contribution in [0.1, 0.15) is 20.8 Å². The normalized spacial score (nSPS) is 11.7. The minimum atomic E-state index is -3.69. The third kappa shape index (κ3) is 5.63. The monoisotopic (exact) mass is 344 g/mol. The van der Waals surface area contributed by atoms with E-state index in [2.05, 4.69) is 5.32 Å². The van der Waals surface area contributed by atoms with Gasteiger partial charge in [-0.25, -0.2) is 8.42 Å². The van der Waals surface area contributed by atoms with E-state index < -0.39 is 21.5 Å². The molecule has 7 nitrogen and oxygen atoms in total. The average molecular weight is 344 g/mol. The molecule has 1 aromatic carbocycles. The van der Waals surface area contributed by atoms with Crippen LogP contribution >= 0.6 is 0 Å². The lowest BCUT2D eigenvalue weighted by Gasteiger charge is -2.27. The van der Waals surface area contributed by atoms with Gasteiger partial charge in [0, 0.05) is 11.6 Å². The highest BCUT2D eigenvalue weighted by atomic mass is 32.2. The maximum Gasteiger partial charge on any atom is 0.241 e. The Balaban J connectivity index is 3.26.